The van der Waals surface area contributed by atoms with Crippen LogP contribution in [0.1, 0.15) is 37.7 Å². The van der Waals surface area contributed by atoms with E-state index in [-0.39, 0.29) is 18.9 Å². The van der Waals surface area contributed by atoms with Gasteiger partial charge in [-0.1, -0.05) is 18.2 Å². The third-order valence-corrected chi connectivity index (χ3v) is 5.70. The lowest BCUT2D eigenvalue weighted by atomic mass is 9.98. The van der Waals surface area contributed by atoms with Gasteiger partial charge in [0.1, 0.15) is 11.1 Å². The van der Waals surface area contributed by atoms with E-state index in [1.54, 1.807) is 0 Å². The first-order valence-corrected chi connectivity index (χ1v) is 9.71. The molecular formula is C19H21NO4S. The van der Waals surface area contributed by atoms with E-state index in [0.29, 0.717) is 5.75 Å². The number of nitrogens with zero attached hydrogens (tertiary/aromatic N) is 1. The SMILES string of the molecule is Cc1cc2cc3c(cc2nc1SCC(=O)OC1CCCCC1)OCO3. The van der Waals surface area contributed by atoms with E-state index in [2.05, 4.69) is 6.07 Å². The second-order valence-corrected chi connectivity index (χ2v) is 7.51. The lowest BCUT2D eigenvalue weighted by molar-refractivity contribution is -0.147. The number of rotatable bonds is 4. The normalized spacial score (nSPS) is 17.0. The predicted octanol–water partition coefficient (Wildman–Crippen LogP) is 4.24. The topological polar surface area (TPSA) is 57.7 Å². The standard InChI is InChI=1S/C19H21NO4S/c1-12-7-13-8-16-17(23-11-22-16)9-15(13)20-19(12)25-10-18(21)24-14-5-3-2-4-6-14/h7-9,14H,2-6,10-11H2,1H3. The van der Waals surface area contributed by atoms with E-state index in [4.69, 9.17) is 19.2 Å². The molecule has 2 aromatic rings. The van der Waals surface area contributed by atoms with E-state index >= 15 is 0 Å². The summed E-state index contributed by atoms with van der Waals surface area (Å²) < 4.78 is 16.4. The van der Waals surface area contributed by atoms with Crippen molar-refractivity contribution in [3.63, 3.8) is 0 Å². The Labute approximate surface area is 151 Å². The molecule has 1 saturated carbocycles. The van der Waals surface area contributed by atoms with Gasteiger partial charge in [0.2, 0.25) is 6.79 Å². The lowest BCUT2D eigenvalue weighted by Crippen LogP contribution is -2.21. The molecule has 2 aliphatic rings. The van der Waals surface area contributed by atoms with Crippen LogP contribution < -0.4 is 9.47 Å². The molecule has 4 rings (SSSR count). The molecule has 2 heterocycles. The summed E-state index contributed by atoms with van der Waals surface area (Å²) in [4.78, 5) is 16.8. The number of aryl methyl sites for hydroxylation is 1. The van der Waals surface area contributed by atoms with Crippen molar-refractivity contribution >= 4 is 28.6 Å². The molecule has 0 bridgehead atoms. The third-order valence-electron chi connectivity index (χ3n) is 4.63. The zero-order valence-electron chi connectivity index (χ0n) is 14.2. The van der Waals surface area contributed by atoms with Crippen molar-refractivity contribution in [2.45, 2.75) is 50.2 Å². The van der Waals surface area contributed by atoms with Crippen molar-refractivity contribution in [1.29, 1.82) is 0 Å². The summed E-state index contributed by atoms with van der Waals surface area (Å²) in [5.41, 5.74) is 1.89. The van der Waals surface area contributed by atoms with Gasteiger partial charge in [0.05, 0.1) is 11.3 Å². The van der Waals surface area contributed by atoms with Gasteiger partial charge >= 0.3 is 5.97 Å². The number of hydrogen-bond acceptors (Lipinski definition) is 6. The first kappa shape index (κ1) is 16.5. The number of benzene rings is 1. The summed E-state index contributed by atoms with van der Waals surface area (Å²) in [5.74, 6) is 1.62. The molecule has 1 aromatic heterocycles. The van der Waals surface area contributed by atoms with Gasteiger partial charge in [-0.25, -0.2) is 4.98 Å². The quantitative estimate of drug-likeness (QED) is 0.601. The average Bonchev–Trinajstić information content (AvgIpc) is 3.06. The summed E-state index contributed by atoms with van der Waals surface area (Å²) >= 11 is 1.43. The van der Waals surface area contributed by atoms with Crippen LogP contribution in [0.5, 0.6) is 11.5 Å². The maximum absolute atomic E-state index is 12.1. The highest BCUT2D eigenvalue weighted by atomic mass is 32.2. The molecule has 6 heteroatoms. The highest BCUT2D eigenvalue weighted by molar-refractivity contribution is 7.99. The highest BCUT2D eigenvalue weighted by Crippen LogP contribution is 2.37. The van der Waals surface area contributed by atoms with Gasteiger partial charge < -0.3 is 14.2 Å². The van der Waals surface area contributed by atoms with Crippen molar-refractivity contribution in [2.75, 3.05) is 12.5 Å². The number of thioether (sulfide) groups is 1. The Morgan fingerprint density at radius 2 is 1.96 bits per heavy atom. The van der Waals surface area contributed by atoms with Crippen LogP contribution in [0.4, 0.5) is 0 Å². The van der Waals surface area contributed by atoms with Crippen LogP contribution in [0.3, 0.4) is 0 Å². The van der Waals surface area contributed by atoms with E-state index in [0.717, 1.165) is 58.7 Å². The minimum atomic E-state index is -0.149. The van der Waals surface area contributed by atoms with E-state index in [1.807, 2.05) is 19.1 Å². The molecule has 0 atom stereocenters. The molecular weight excluding hydrogens is 338 g/mol. The van der Waals surface area contributed by atoms with Gasteiger partial charge in [-0.2, -0.15) is 0 Å². The number of pyridine rings is 1. The first-order chi connectivity index (χ1) is 12.2. The average molecular weight is 359 g/mol. The van der Waals surface area contributed by atoms with Gasteiger partial charge in [-0.3, -0.25) is 4.79 Å². The van der Waals surface area contributed by atoms with Gasteiger partial charge in [0.25, 0.3) is 0 Å². The minimum absolute atomic E-state index is 0.104. The summed E-state index contributed by atoms with van der Waals surface area (Å²) in [6.45, 7) is 2.26. The molecule has 0 saturated heterocycles. The maximum atomic E-state index is 12.1. The second kappa shape index (κ2) is 7.12. The Hall–Kier alpha value is -1.95. The first-order valence-electron chi connectivity index (χ1n) is 8.72. The smallest absolute Gasteiger partial charge is 0.316 e. The van der Waals surface area contributed by atoms with Crippen LogP contribution in [0.15, 0.2) is 23.2 Å². The Bertz CT molecular complexity index is 802. The van der Waals surface area contributed by atoms with Crippen molar-refractivity contribution in [1.82, 2.24) is 4.98 Å². The monoisotopic (exact) mass is 359 g/mol. The third kappa shape index (κ3) is 3.68. The van der Waals surface area contributed by atoms with Crippen molar-refractivity contribution < 1.29 is 19.0 Å². The Balaban J connectivity index is 1.44. The fraction of sp³-hybridized carbons (Fsp3) is 0.474. The largest absolute Gasteiger partial charge is 0.462 e. The maximum Gasteiger partial charge on any atom is 0.316 e. The number of carbonyl (C=O) groups is 1. The number of esters is 1. The summed E-state index contributed by atoms with van der Waals surface area (Å²) in [5, 5.41) is 1.86. The number of aromatic nitrogens is 1. The zero-order valence-corrected chi connectivity index (χ0v) is 15.1. The molecule has 0 spiro atoms. The Morgan fingerprint density at radius 1 is 1.20 bits per heavy atom. The molecule has 1 aliphatic carbocycles. The molecule has 132 valence electrons. The number of fused-ring (bicyclic) bond motifs is 2. The molecule has 0 unspecified atom stereocenters. The minimum Gasteiger partial charge on any atom is -0.462 e. The molecule has 0 N–H and O–H groups in total. The molecule has 1 fully saturated rings. The predicted molar refractivity (Wildman–Crippen MR) is 96.3 cm³/mol. The summed E-state index contributed by atoms with van der Waals surface area (Å²) in [7, 11) is 0. The number of ether oxygens (including phenoxy) is 3. The molecule has 25 heavy (non-hydrogen) atoms. The van der Waals surface area contributed by atoms with Crippen molar-refractivity contribution in [3.8, 4) is 11.5 Å². The van der Waals surface area contributed by atoms with E-state index < -0.39 is 0 Å². The summed E-state index contributed by atoms with van der Waals surface area (Å²) in [6, 6.07) is 5.91. The van der Waals surface area contributed by atoms with Crippen molar-refractivity contribution in [3.05, 3.63) is 23.8 Å². The molecule has 1 aromatic carbocycles. The molecule has 1 aliphatic heterocycles. The van der Waals surface area contributed by atoms with Gasteiger partial charge in [0, 0.05) is 11.5 Å². The number of carbonyl (C=O) groups excluding carboxylic acids is 1. The van der Waals surface area contributed by atoms with Gasteiger partial charge in [-0.05, 0) is 50.3 Å². The lowest BCUT2D eigenvalue weighted by Gasteiger charge is -2.21. The second-order valence-electron chi connectivity index (χ2n) is 6.55. The van der Waals surface area contributed by atoms with Gasteiger partial charge in [0.15, 0.2) is 11.5 Å². The summed E-state index contributed by atoms with van der Waals surface area (Å²) in [6.07, 6.45) is 5.67. The van der Waals surface area contributed by atoms with E-state index in [1.165, 1.54) is 18.2 Å². The molecule has 0 amide bonds. The van der Waals surface area contributed by atoms with Crippen LogP contribution in [-0.2, 0) is 9.53 Å². The molecule has 5 nitrogen and oxygen atoms in total. The van der Waals surface area contributed by atoms with Crippen LogP contribution in [0.2, 0.25) is 0 Å². The fourth-order valence-corrected chi connectivity index (χ4v) is 4.10. The van der Waals surface area contributed by atoms with E-state index in [9.17, 15) is 4.79 Å². The van der Waals surface area contributed by atoms with Crippen LogP contribution in [-0.4, -0.2) is 29.6 Å². The van der Waals surface area contributed by atoms with Gasteiger partial charge in [-0.15, -0.1) is 0 Å². The van der Waals surface area contributed by atoms with Crippen molar-refractivity contribution in [2.24, 2.45) is 0 Å². The number of hydrogen-bond donors (Lipinski definition) is 0. The fourth-order valence-electron chi connectivity index (χ4n) is 3.33. The van der Waals surface area contributed by atoms with Crippen LogP contribution >= 0.6 is 11.8 Å². The Morgan fingerprint density at radius 3 is 2.76 bits per heavy atom. The Kier molecular flexibility index (Phi) is 4.70. The van der Waals surface area contributed by atoms with Crippen LogP contribution in [0, 0.1) is 6.92 Å². The highest BCUT2D eigenvalue weighted by Gasteiger charge is 2.19. The molecule has 0 radical (unpaired) electrons. The zero-order chi connectivity index (χ0) is 17.2. The van der Waals surface area contributed by atoms with Crippen LogP contribution in [0.25, 0.3) is 10.9 Å².